The van der Waals surface area contributed by atoms with E-state index in [-0.39, 0.29) is 36.4 Å². The Morgan fingerprint density at radius 2 is 1.94 bits per heavy atom. The van der Waals surface area contributed by atoms with Crippen molar-refractivity contribution >= 4 is 41.5 Å². The van der Waals surface area contributed by atoms with Gasteiger partial charge in [0.25, 0.3) is 0 Å². The lowest BCUT2D eigenvalue weighted by Gasteiger charge is -2.15. The Morgan fingerprint density at radius 1 is 1.12 bits per heavy atom. The molecule has 33 heavy (non-hydrogen) atoms. The van der Waals surface area contributed by atoms with Gasteiger partial charge in [-0.1, -0.05) is 24.3 Å². The molecule has 8 nitrogen and oxygen atoms in total. The van der Waals surface area contributed by atoms with Crippen LogP contribution in [0.4, 0.5) is 5.69 Å². The fourth-order valence-corrected chi connectivity index (χ4v) is 3.18. The molecule has 3 aromatic rings. The molecule has 1 aromatic heterocycles. The van der Waals surface area contributed by atoms with E-state index in [1.807, 2.05) is 44.2 Å². The fourth-order valence-electron chi connectivity index (χ4n) is 3.18. The molecule has 3 N–H and O–H groups in total. The molecule has 0 aliphatic heterocycles. The summed E-state index contributed by atoms with van der Waals surface area (Å²) >= 11 is 0. The summed E-state index contributed by atoms with van der Waals surface area (Å²) in [6, 6.07) is 15.7. The van der Waals surface area contributed by atoms with Gasteiger partial charge in [-0.2, -0.15) is 5.10 Å². The molecule has 1 amide bonds. The number of carbonyl (C=O) groups excluding carboxylic acids is 1. The average molecular weight is 562 g/mol. The first-order valence-corrected chi connectivity index (χ1v) is 10.6. The van der Waals surface area contributed by atoms with Crippen molar-refractivity contribution in [3.63, 3.8) is 0 Å². The van der Waals surface area contributed by atoms with Gasteiger partial charge in [0.1, 0.15) is 12.3 Å². The molecule has 0 aliphatic rings. The molecule has 0 fully saturated rings. The zero-order valence-electron chi connectivity index (χ0n) is 19.2. The molecule has 0 saturated carbocycles. The third kappa shape index (κ3) is 8.41. The van der Waals surface area contributed by atoms with Gasteiger partial charge in [-0.25, -0.2) is 0 Å². The highest BCUT2D eigenvalue weighted by Crippen LogP contribution is 2.20. The number of anilines is 1. The summed E-state index contributed by atoms with van der Waals surface area (Å²) < 4.78 is 7.34. The second-order valence-corrected chi connectivity index (χ2v) is 7.28. The first-order chi connectivity index (χ1) is 15.6. The van der Waals surface area contributed by atoms with Crippen molar-refractivity contribution in [2.24, 2.45) is 4.99 Å². The average Bonchev–Trinajstić information content (AvgIpc) is 3.28. The fraction of sp³-hybridized carbons (Fsp3) is 0.292. The Morgan fingerprint density at radius 3 is 2.67 bits per heavy atom. The van der Waals surface area contributed by atoms with Crippen molar-refractivity contribution in [3.8, 4) is 5.75 Å². The largest absolute Gasteiger partial charge is 0.494 e. The summed E-state index contributed by atoms with van der Waals surface area (Å²) in [5.74, 6) is 1.44. The van der Waals surface area contributed by atoms with Gasteiger partial charge in [0.2, 0.25) is 5.91 Å². The van der Waals surface area contributed by atoms with Gasteiger partial charge in [0, 0.05) is 43.8 Å². The van der Waals surface area contributed by atoms with Crippen molar-refractivity contribution in [1.29, 1.82) is 0 Å². The van der Waals surface area contributed by atoms with Crippen LogP contribution in [-0.4, -0.2) is 35.3 Å². The Kier molecular flexibility index (Phi) is 10.7. The zero-order chi connectivity index (χ0) is 22.8. The minimum absolute atomic E-state index is 0. The number of aromatic nitrogens is 2. The maximum absolute atomic E-state index is 12.2. The number of guanidine groups is 1. The number of carbonyl (C=O) groups is 1. The van der Waals surface area contributed by atoms with E-state index in [1.165, 1.54) is 0 Å². The Hall–Kier alpha value is -3.08. The standard InChI is InChI=1S/C24H30N6O2.HI/c1-4-32-22-13-18(2)9-10-20(22)16-27-24(25-3)26-15-19-7-5-8-21(14-19)29-23(31)17-30-12-6-11-28-30;/h5-14H,4,15-17H2,1-3H3,(H,29,31)(H2,25,26,27);1H. The molecule has 0 bridgehead atoms. The molecule has 0 aliphatic carbocycles. The Balaban J connectivity index is 0.00000385. The minimum Gasteiger partial charge on any atom is -0.494 e. The number of hydrogen-bond acceptors (Lipinski definition) is 4. The van der Waals surface area contributed by atoms with Gasteiger partial charge in [0.15, 0.2) is 5.96 Å². The van der Waals surface area contributed by atoms with Crippen LogP contribution in [0.5, 0.6) is 5.75 Å². The molecule has 176 valence electrons. The van der Waals surface area contributed by atoms with E-state index < -0.39 is 0 Å². The highest BCUT2D eigenvalue weighted by molar-refractivity contribution is 14.0. The lowest BCUT2D eigenvalue weighted by molar-refractivity contribution is -0.116. The number of aryl methyl sites for hydroxylation is 1. The van der Waals surface area contributed by atoms with Crippen LogP contribution >= 0.6 is 24.0 Å². The second-order valence-electron chi connectivity index (χ2n) is 7.28. The number of hydrogen-bond donors (Lipinski definition) is 3. The molecule has 0 saturated heterocycles. The summed E-state index contributed by atoms with van der Waals surface area (Å²) in [7, 11) is 1.74. The van der Waals surface area contributed by atoms with Crippen molar-refractivity contribution in [2.75, 3.05) is 19.0 Å². The molecular formula is C24H31IN6O2. The Bertz CT molecular complexity index is 1050. The first kappa shape index (κ1) is 26.2. The number of aliphatic imine (C=N–C) groups is 1. The number of nitrogens with one attached hydrogen (secondary N) is 3. The zero-order valence-corrected chi connectivity index (χ0v) is 21.5. The summed E-state index contributed by atoms with van der Waals surface area (Å²) in [4.78, 5) is 16.5. The summed E-state index contributed by atoms with van der Waals surface area (Å²) in [6.07, 6.45) is 3.41. The smallest absolute Gasteiger partial charge is 0.246 e. The van der Waals surface area contributed by atoms with Gasteiger partial charge in [-0.3, -0.25) is 14.5 Å². The van der Waals surface area contributed by atoms with Gasteiger partial charge >= 0.3 is 0 Å². The molecule has 0 spiro atoms. The van der Waals surface area contributed by atoms with Crippen LogP contribution in [0.2, 0.25) is 0 Å². The van der Waals surface area contributed by atoms with E-state index in [0.29, 0.717) is 25.7 Å². The third-order valence-electron chi connectivity index (χ3n) is 4.73. The summed E-state index contributed by atoms with van der Waals surface area (Å²) in [5, 5.41) is 13.6. The second kappa shape index (κ2) is 13.5. The number of benzene rings is 2. The predicted octanol–water partition coefficient (Wildman–Crippen LogP) is 3.71. The third-order valence-corrected chi connectivity index (χ3v) is 4.73. The van der Waals surface area contributed by atoms with Gasteiger partial charge < -0.3 is 20.7 Å². The van der Waals surface area contributed by atoms with E-state index in [0.717, 1.165) is 28.1 Å². The maximum atomic E-state index is 12.2. The normalized spacial score (nSPS) is 10.8. The van der Waals surface area contributed by atoms with Crippen LogP contribution in [0.15, 0.2) is 65.9 Å². The lowest BCUT2D eigenvalue weighted by atomic mass is 10.1. The van der Waals surface area contributed by atoms with Crippen LogP contribution in [0, 0.1) is 6.92 Å². The Labute approximate surface area is 211 Å². The van der Waals surface area contributed by atoms with Crippen molar-refractivity contribution in [3.05, 3.63) is 77.6 Å². The molecule has 2 aromatic carbocycles. The van der Waals surface area contributed by atoms with E-state index in [4.69, 9.17) is 4.74 Å². The van der Waals surface area contributed by atoms with Crippen LogP contribution in [0.25, 0.3) is 0 Å². The quantitative estimate of drug-likeness (QED) is 0.210. The van der Waals surface area contributed by atoms with Crippen molar-refractivity contribution < 1.29 is 9.53 Å². The molecule has 0 unspecified atom stereocenters. The summed E-state index contributed by atoms with van der Waals surface area (Å²) in [5.41, 5.74) is 4.00. The van der Waals surface area contributed by atoms with Crippen molar-refractivity contribution in [1.82, 2.24) is 20.4 Å². The highest BCUT2D eigenvalue weighted by atomic mass is 127. The number of rotatable bonds is 9. The van der Waals surface area contributed by atoms with Gasteiger partial charge in [0.05, 0.1) is 6.61 Å². The topological polar surface area (TPSA) is 92.6 Å². The molecular weight excluding hydrogens is 531 g/mol. The van der Waals surface area contributed by atoms with Crippen LogP contribution < -0.4 is 20.7 Å². The number of ether oxygens (including phenoxy) is 1. The SMILES string of the molecule is CCOc1cc(C)ccc1CNC(=NC)NCc1cccc(NC(=O)Cn2cccn2)c1.I. The van der Waals surface area contributed by atoms with Crippen LogP contribution in [-0.2, 0) is 24.4 Å². The highest BCUT2D eigenvalue weighted by Gasteiger charge is 2.07. The minimum atomic E-state index is -0.125. The maximum Gasteiger partial charge on any atom is 0.246 e. The predicted molar refractivity (Wildman–Crippen MR) is 142 cm³/mol. The van der Waals surface area contributed by atoms with E-state index in [1.54, 1.807) is 30.2 Å². The molecule has 0 radical (unpaired) electrons. The summed E-state index contributed by atoms with van der Waals surface area (Å²) in [6.45, 7) is 5.99. The van der Waals surface area contributed by atoms with E-state index >= 15 is 0 Å². The first-order valence-electron chi connectivity index (χ1n) is 10.6. The van der Waals surface area contributed by atoms with Gasteiger partial charge in [-0.15, -0.1) is 24.0 Å². The van der Waals surface area contributed by atoms with Crippen LogP contribution in [0.3, 0.4) is 0 Å². The van der Waals surface area contributed by atoms with E-state index in [2.05, 4.69) is 38.2 Å². The lowest BCUT2D eigenvalue weighted by Crippen LogP contribution is -2.36. The number of halogens is 1. The van der Waals surface area contributed by atoms with E-state index in [9.17, 15) is 4.79 Å². The molecule has 0 atom stereocenters. The molecule has 1 heterocycles. The number of nitrogens with zero attached hydrogens (tertiary/aromatic N) is 3. The number of amides is 1. The monoisotopic (exact) mass is 562 g/mol. The molecule has 3 rings (SSSR count). The van der Waals surface area contributed by atoms with Crippen molar-refractivity contribution in [2.45, 2.75) is 33.5 Å². The van der Waals surface area contributed by atoms with Gasteiger partial charge in [-0.05, 0) is 49.2 Å². The van der Waals surface area contributed by atoms with Crippen LogP contribution in [0.1, 0.15) is 23.6 Å². The molecule has 9 heteroatoms.